The fourth-order valence-corrected chi connectivity index (χ4v) is 6.37. The Morgan fingerprint density at radius 2 is 1.52 bits per heavy atom. The molecule has 0 radical (unpaired) electrons. The topological polar surface area (TPSA) is 97.6 Å². The molecule has 2 bridgehead atoms. The number of hydrogen-bond donors (Lipinski definition) is 0. The van der Waals surface area contributed by atoms with Crippen molar-refractivity contribution in [3.05, 3.63) is 105 Å². The highest BCUT2D eigenvalue weighted by molar-refractivity contribution is 6.25. The van der Waals surface area contributed by atoms with Crippen LogP contribution in [0.1, 0.15) is 35.1 Å². The van der Waals surface area contributed by atoms with Crippen molar-refractivity contribution in [2.75, 3.05) is 4.90 Å². The first kappa shape index (κ1) is 19.5. The highest BCUT2D eigenvalue weighted by atomic mass is 16.6. The summed E-state index contributed by atoms with van der Waals surface area (Å²) in [6, 6.07) is 20.6. The SMILES string of the molecule is CC(=O)C12c3ccccc3C(c3ccccc31)[C@H]1C(=O)N(c3cccc([N+](=O)[O-])c3)C(=O)[C@H]12. The third-order valence-electron chi connectivity index (χ3n) is 7.47. The number of nitro groups is 1. The van der Waals surface area contributed by atoms with Crippen LogP contribution in [-0.4, -0.2) is 22.5 Å². The highest BCUT2D eigenvalue weighted by Crippen LogP contribution is 2.64. The van der Waals surface area contributed by atoms with Crippen molar-refractivity contribution in [3.8, 4) is 0 Å². The predicted molar refractivity (Wildman–Crippen MR) is 119 cm³/mol. The van der Waals surface area contributed by atoms with Gasteiger partial charge in [0.25, 0.3) is 5.69 Å². The van der Waals surface area contributed by atoms with Crippen LogP contribution in [0.15, 0.2) is 72.8 Å². The van der Waals surface area contributed by atoms with Gasteiger partial charge in [-0.25, -0.2) is 4.90 Å². The highest BCUT2D eigenvalue weighted by Gasteiger charge is 2.70. The minimum Gasteiger partial charge on any atom is -0.299 e. The number of hydrogen-bond acceptors (Lipinski definition) is 5. The van der Waals surface area contributed by atoms with Crippen LogP contribution in [0.2, 0.25) is 0 Å². The first-order valence-electron chi connectivity index (χ1n) is 10.7. The number of nitro benzene ring substituents is 1. The van der Waals surface area contributed by atoms with Crippen LogP contribution in [0.25, 0.3) is 0 Å². The van der Waals surface area contributed by atoms with E-state index in [2.05, 4.69) is 0 Å². The normalized spacial score (nSPS) is 26.6. The van der Waals surface area contributed by atoms with Crippen LogP contribution >= 0.6 is 0 Å². The molecule has 1 heterocycles. The van der Waals surface area contributed by atoms with E-state index < -0.39 is 34.0 Å². The van der Waals surface area contributed by atoms with Crippen LogP contribution in [0.3, 0.4) is 0 Å². The van der Waals surface area contributed by atoms with Crippen LogP contribution in [-0.2, 0) is 19.8 Å². The lowest BCUT2D eigenvalue weighted by atomic mass is 9.46. The summed E-state index contributed by atoms with van der Waals surface area (Å²) in [5, 5.41) is 11.3. The molecule has 0 unspecified atom stereocenters. The fourth-order valence-electron chi connectivity index (χ4n) is 6.37. The van der Waals surface area contributed by atoms with Gasteiger partial charge in [-0.3, -0.25) is 24.5 Å². The molecule has 1 fully saturated rings. The summed E-state index contributed by atoms with van der Waals surface area (Å²) in [4.78, 5) is 53.1. The molecule has 7 heteroatoms. The molecule has 0 aromatic heterocycles. The Morgan fingerprint density at radius 3 is 2.09 bits per heavy atom. The first-order valence-corrected chi connectivity index (χ1v) is 10.7. The van der Waals surface area contributed by atoms with Crippen LogP contribution in [0.5, 0.6) is 0 Å². The number of benzene rings is 3. The van der Waals surface area contributed by atoms with Gasteiger partial charge in [0.15, 0.2) is 0 Å². The number of Topliss-reactive ketones (excluding diaryl/α,β-unsaturated/α-hetero) is 1. The van der Waals surface area contributed by atoms with Gasteiger partial charge in [0.05, 0.1) is 27.9 Å². The van der Waals surface area contributed by atoms with E-state index in [0.717, 1.165) is 27.2 Å². The lowest BCUT2D eigenvalue weighted by Gasteiger charge is -2.52. The Bertz CT molecular complexity index is 1360. The van der Waals surface area contributed by atoms with Crippen molar-refractivity contribution in [3.63, 3.8) is 0 Å². The molecule has 3 aliphatic carbocycles. The zero-order valence-corrected chi connectivity index (χ0v) is 17.6. The van der Waals surface area contributed by atoms with Gasteiger partial charge in [0.1, 0.15) is 5.78 Å². The molecule has 0 saturated carbocycles. The number of carbonyl (C=O) groups excluding carboxylic acids is 3. The molecule has 33 heavy (non-hydrogen) atoms. The molecule has 7 nitrogen and oxygen atoms in total. The quantitative estimate of drug-likeness (QED) is 0.353. The second-order valence-corrected chi connectivity index (χ2v) is 8.81. The molecule has 0 N–H and O–H groups in total. The van der Waals surface area contributed by atoms with E-state index in [1.807, 2.05) is 48.5 Å². The van der Waals surface area contributed by atoms with Crippen molar-refractivity contribution in [1.82, 2.24) is 0 Å². The average Bonchev–Trinajstić information content (AvgIpc) is 3.09. The molecule has 1 aliphatic heterocycles. The van der Waals surface area contributed by atoms with Gasteiger partial charge >= 0.3 is 0 Å². The molecule has 2 amide bonds. The summed E-state index contributed by atoms with van der Waals surface area (Å²) in [7, 11) is 0. The van der Waals surface area contributed by atoms with Crippen molar-refractivity contribution in [1.29, 1.82) is 0 Å². The third-order valence-corrected chi connectivity index (χ3v) is 7.47. The predicted octanol–water partition coefficient (Wildman–Crippen LogP) is 3.73. The van der Waals surface area contributed by atoms with Gasteiger partial charge in [0.2, 0.25) is 11.8 Å². The molecule has 0 spiro atoms. The lowest BCUT2D eigenvalue weighted by molar-refractivity contribution is -0.384. The van der Waals surface area contributed by atoms with E-state index in [1.165, 1.54) is 31.2 Å². The van der Waals surface area contributed by atoms with Crippen LogP contribution in [0.4, 0.5) is 11.4 Å². The Morgan fingerprint density at radius 1 is 0.909 bits per heavy atom. The molecule has 3 aromatic rings. The monoisotopic (exact) mass is 438 g/mol. The maximum absolute atomic E-state index is 13.9. The minimum absolute atomic E-state index is 0.153. The molecule has 3 aromatic carbocycles. The zero-order chi connectivity index (χ0) is 23.1. The number of rotatable bonds is 3. The van der Waals surface area contributed by atoms with Crippen LogP contribution in [0, 0.1) is 22.0 Å². The van der Waals surface area contributed by atoms with E-state index in [9.17, 15) is 24.5 Å². The molecular weight excluding hydrogens is 420 g/mol. The number of anilines is 1. The Kier molecular flexibility index (Phi) is 3.82. The third kappa shape index (κ3) is 2.21. The second-order valence-electron chi connectivity index (χ2n) is 8.81. The summed E-state index contributed by atoms with van der Waals surface area (Å²) >= 11 is 0. The van der Waals surface area contributed by atoms with Gasteiger partial charge in [-0.1, -0.05) is 54.6 Å². The van der Waals surface area contributed by atoms with Gasteiger partial charge < -0.3 is 0 Å². The Balaban J connectivity index is 1.64. The summed E-state index contributed by atoms with van der Waals surface area (Å²) < 4.78 is 0. The fraction of sp³-hybridized carbons (Fsp3) is 0.192. The molecule has 1 saturated heterocycles. The largest absolute Gasteiger partial charge is 0.299 e. The van der Waals surface area contributed by atoms with Gasteiger partial charge in [0, 0.05) is 18.1 Å². The number of ketones is 1. The maximum Gasteiger partial charge on any atom is 0.271 e. The van der Waals surface area contributed by atoms with E-state index in [4.69, 9.17) is 0 Å². The van der Waals surface area contributed by atoms with Crippen molar-refractivity contribution in [2.24, 2.45) is 11.8 Å². The minimum atomic E-state index is -1.28. The number of nitrogens with zero attached hydrogens (tertiary/aromatic N) is 2. The standard InChI is InChI=1S/C26H18N2O5/c1-14(29)26-19-11-4-2-9-17(19)21(18-10-3-5-12-20(18)26)22-23(26)25(31)27(24(22)30)15-7-6-8-16(13-15)28(32)33/h2-13,21-23H,1H3/t21?,22-,23+,26?/m1/s1. The van der Waals surface area contributed by atoms with Crippen LogP contribution < -0.4 is 4.90 Å². The molecule has 7 rings (SSSR count). The average molecular weight is 438 g/mol. The van der Waals surface area contributed by atoms with Gasteiger partial charge in [-0.15, -0.1) is 0 Å². The number of carbonyl (C=O) groups is 3. The summed E-state index contributed by atoms with van der Waals surface area (Å²) in [5.74, 6) is -3.15. The summed E-state index contributed by atoms with van der Waals surface area (Å²) in [6.07, 6.45) is 0. The number of imide groups is 1. The molecule has 4 aliphatic rings. The van der Waals surface area contributed by atoms with E-state index in [-0.39, 0.29) is 23.1 Å². The maximum atomic E-state index is 13.9. The molecular formula is C26H18N2O5. The van der Waals surface area contributed by atoms with Gasteiger partial charge in [-0.2, -0.15) is 0 Å². The van der Waals surface area contributed by atoms with E-state index in [1.54, 1.807) is 0 Å². The lowest BCUT2D eigenvalue weighted by Crippen LogP contribution is -2.57. The summed E-state index contributed by atoms with van der Waals surface area (Å²) in [5.41, 5.74) is 1.96. The van der Waals surface area contributed by atoms with E-state index >= 15 is 0 Å². The Hall–Kier alpha value is -4.13. The smallest absolute Gasteiger partial charge is 0.271 e. The summed E-state index contributed by atoms with van der Waals surface area (Å²) in [6.45, 7) is 1.48. The van der Waals surface area contributed by atoms with Crippen molar-refractivity contribution >= 4 is 29.0 Å². The Labute approximate surface area is 188 Å². The van der Waals surface area contributed by atoms with Crippen molar-refractivity contribution < 1.29 is 19.3 Å². The first-order chi connectivity index (χ1) is 15.9. The van der Waals surface area contributed by atoms with E-state index in [0.29, 0.717) is 0 Å². The van der Waals surface area contributed by atoms with Crippen molar-refractivity contribution in [2.45, 2.75) is 18.3 Å². The zero-order valence-electron chi connectivity index (χ0n) is 17.6. The second kappa shape index (κ2) is 6.45. The molecule has 2 atom stereocenters. The van der Waals surface area contributed by atoms with Gasteiger partial charge in [-0.05, 0) is 35.2 Å². The molecule has 162 valence electrons. The number of amides is 2. The number of non-ortho nitro benzene ring substituents is 1.